The Morgan fingerprint density at radius 2 is 1.89 bits per heavy atom. The topological polar surface area (TPSA) is 78.5 Å². The number of carbonyl (C=O) groups is 1. The summed E-state index contributed by atoms with van der Waals surface area (Å²) in [5, 5.41) is 7.77. The Morgan fingerprint density at radius 3 is 2.48 bits per heavy atom. The van der Waals surface area contributed by atoms with Gasteiger partial charge >= 0.3 is 0 Å². The van der Waals surface area contributed by atoms with E-state index < -0.39 is 25.9 Å². The number of nitrogens with zero attached hydrogens (tertiary/aromatic N) is 1. The first-order chi connectivity index (χ1) is 12.4. The molecule has 0 spiro atoms. The highest BCUT2D eigenvalue weighted by molar-refractivity contribution is 8.16. The number of anilines is 1. The van der Waals surface area contributed by atoms with Crippen molar-refractivity contribution in [2.75, 3.05) is 12.4 Å². The zero-order valence-electron chi connectivity index (χ0n) is 15.0. The van der Waals surface area contributed by atoms with Crippen LogP contribution < -0.4 is 10.6 Å². The highest BCUT2D eigenvalue weighted by Gasteiger charge is 2.44. The second-order valence-corrected chi connectivity index (χ2v) is 11.2. The van der Waals surface area contributed by atoms with Crippen LogP contribution in [-0.4, -0.2) is 40.8 Å². The van der Waals surface area contributed by atoms with E-state index in [-0.39, 0.29) is 15.8 Å². The van der Waals surface area contributed by atoms with Crippen molar-refractivity contribution in [2.45, 2.75) is 30.9 Å². The molecule has 27 heavy (non-hydrogen) atoms. The quantitative estimate of drug-likeness (QED) is 0.651. The second kappa shape index (κ2) is 8.26. The van der Waals surface area contributed by atoms with Crippen molar-refractivity contribution in [3.8, 4) is 0 Å². The first-order valence-electron chi connectivity index (χ1n) is 7.75. The average molecular weight is 468 g/mol. The molecule has 0 saturated carbocycles. The molecule has 0 radical (unpaired) electrons. The minimum absolute atomic E-state index is 0.0987. The number of benzene rings is 1. The molecule has 0 aliphatic carbocycles. The van der Waals surface area contributed by atoms with Crippen molar-refractivity contribution in [2.24, 2.45) is 0 Å². The molecule has 0 amide bonds. The smallest absolute Gasteiger partial charge is 0.234 e. The number of carbonyl (C=O) groups excluding carboxylic acids is 1. The lowest BCUT2D eigenvalue weighted by Crippen LogP contribution is -2.48. The number of allylic oxidation sites excluding steroid dienone is 1. The number of thioether (sulfide) groups is 1. The number of ketones is 1. The van der Waals surface area contributed by atoms with Gasteiger partial charge in [0, 0.05) is 18.0 Å². The van der Waals surface area contributed by atoms with E-state index in [0.29, 0.717) is 10.7 Å². The van der Waals surface area contributed by atoms with Crippen LogP contribution >= 0.6 is 47.2 Å². The summed E-state index contributed by atoms with van der Waals surface area (Å²) in [6, 6.07) is 5.00. The molecule has 2 rings (SSSR count). The predicted molar refractivity (Wildman–Crippen MR) is 117 cm³/mol. The van der Waals surface area contributed by atoms with Gasteiger partial charge in [-0.3, -0.25) is 4.79 Å². The summed E-state index contributed by atoms with van der Waals surface area (Å²) in [6.07, 6.45) is 0. The van der Waals surface area contributed by atoms with Crippen LogP contribution in [-0.2, 0) is 14.8 Å². The molecule has 148 valence electrons. The van der Waals surface area contributed by atoms with Gasteiger partial charge in [0.05, 0.1) is 21.4 Å². The molecule has 1 atom stereocenters. The third-order valence-electron chi connectivity index (χ3n) is 3.83. The van der Waals surface area contributed by atoms with Gasteiger partial charge in [-0.15, -0.1) is 11.8 Å². The van der Waals surface area contributed by atoms with Crippen molar-refractivity contribution in [3.05, 3.63) is 39.3 Å². The third kappa shape index (κ3) is 4.96. The van der Waals surface area contributed by atoms with Gasteiger partial charge in [0.15, 0.2) is 9.69 Å². The zero-order valence-corrected chi connectivity index (χ0v) is 19.0. The van der Waals surface area contributed by atoms with E-state index in [9.17, 15) is 13.2 Å². The summed E-state index contributed by atoms with van der Waals surface area (Å²) in [5.74, 6) is -0.558. The van der Waals surface area contributed by atoms with Gasteiger partial charge in [0.2, 0.25) is 15.8 Å². The lowest BCUT2D eigenvalue weighted by Gasteiger charge is -2.32. The van der Waals surface area contributed by atoms with E-state index in [2.05, 4.69) is 10.6 Å². The molecule has 1 aliphatic heterocycles. The Balaban J connectivity index is 2.09. The molecule has 0 saturated heterocycles. The first kappa shape index (κ1) is 22.4. The van der Waals surface area contributed by atoms with E-state index in [1.165, 1.54) is 16.8 Å². The van der Waals surface area contributed by atoms with Gasteiger partial charge in [-0.05, 0) is 45.1 Å². The Bertz CT molecular complexity index is 911. The SMILES string of the molecule is CN(C(C)(C)C)S(=O)(=O)C1SC=C(NC(=S)Nc2cccc(Cl)c2Cl)C1=O. The fourth-order valence-electron chi connectivity index (χ4n) is 2.07. The van der Waals surface area contributed by atoms with Gasteiger partial charge in [0.1, 0.15) is 0 Å². The molecule has 1 aromatic carbocycles. The minimum Gasteiger partial charge on any atom is -0.331 e. The van der Waals surface area contributed by atoms with Gasteiger partial charge in [-0.1, -0.05) is 29.3 Å². The molecular formula is C16H19Cl2N3O3S3. The molecule has 1 aliphatic rings. The van der Waals surface area contributed by atoms with E-state index in [0.717, 1.165) is 11.8 Å². The number of nitrogens with one attached hydrogen (secondary N) is 2. The number of hydrogen-bond donors (Lipinski definition) is 2. The summed E-state index contributed by atoms with van der Waals surface area (Å²) in [6.45, 7) is 5.28. The molecule has 1 unspecified atom stereocenters. The van der Waals surface area contributed by atoms with Crippen LogP contribution in [0.4, 0.5) is 5.69 Å². The lowest BCUT2D eigenvalue weighted by molar-refractivity contribution is -0.113. The molecule has 0 fully saturated rings. The van der Waals surface area contributed by atoms with Crippen LogP contribution in [0.2, 0.25) is 10.0 Å². The second-order valence-electron chi connectivity index (χ2n) is 6.73. The molecule has 0 aromatic heterocycles. The molecular weight excluding hydrogens is 449 g/mol. The molecule has 2 N–H and O–H groups in total. The van der Waals surface area contributed by atoms with Gasteiger partial charge in [0.25, 0.3) is 0 Å². The largest absolute Gasteiger partial charge is 0.331 e. The molecule has 6 nitrogen and oxygen atoms in total. The van der Waals surface area contributed by atoms with Gasteiger partial charge in [-0.2, -0.15) is 4.31 Å². The number of Topliss-reactive ketones (excluding diaryl/α,β-unsaturated/α-hetero) is 1. The van der Waals surface area contributed by atoms with Crippen LogP contribution in [0.15, 0.2) is 29.3 Å². The maximum Gasteiger partial charge on any atom is 0.234 e. The summed E-state index contributed by atoms with van der Waals surface area (Å²) >= 11 is 18.2. The Kier molecular flexibility index (Phi) is 6.87. The minimum atomic E-state index is -3.83. The Hall–Kier alpha value is -0.840. The third-order valence-corrected chi connectivity index (χ3v) is 8.82. The van der Waals surface area contributed by atoms with E-state index in [1.807, 2.05) is 0 Å². The maximum absolute atomic E-state index is 12.7. The average Bonchev–Trinajstić information content (AvgIpc) is 2.91. The fraction of sp³-hybridized carbons (Fsp3) is 0.375. The summed E-state index contributed by atoms with van der Waals surface area (Å²) in [7, 11) is -2.37. The number of rotatable bonds is 4. The molecule has 11 heteroatoms. The maximum atomic E-state index is 12.7. The molecule has 0 bridgehead atoms. The highest BCUT2D eigenvalue weighted by Crippen LogP contribution is 2.34. The summed E-state index contributed by atoms with van der Waals surface area (Å²) in [5.41, 5.74) is -0.0701. The number of hydrogen-bond acceptors (Lipinski definition) is 5. The van der Waals surface area contributed by atoms with Crippen molar-refractivity contribution >= 4 is 73.8 Å². The fourth-order valence-corrected chi connectivity index (χ4v) is 5.89. The van der Waals surface area contributed by atoms with Crippen LogP contribution in [0, 0.1) is 0 Å². The number of thiocarbonyl (C=S) groups is 1. The van der Waals surface area contributed by atoms with Crippen molar-refractivity contribution in [3.63, 3.8) is 0 Å². The van der Waals surface area contributed by atoms with Crippen molar-refractivity contribution < 1.29 is 13.2 Å². The standard InChI is InChI=1S/C16H19Cl2N3O3S3/c1-16(2,3)21(4)27(23,24)14-13(22)11(8-26-14)20-15(25)19-10-7-5-6-9(17)12(10)18/h5-8,14H,1-4H3,(H2,19,20,25). The normalized spacial score (nSPS) is 17.8. The predicted octanol–water partition coefficient (Wildman–Crippen LogP) is 3.82. The first-order valence-corrected chi connectivity index (χ1v) is 11.4. The molecule has 1 heterocycles. The Morgan fingerprint density at radius 1 is 1.26 bits per heavy atom. The zero-order chi connectivity index (χ0) is 20.6. The monoisotopic (exact) mass is 467 g/mol. The van der Waals surface area contributed by atoms with Crippen LogP contribution in [0.3, 0.4) is 0 Å². The summed E-state index contributed by atoms with van der Waals surface area (Å²) < 4.78 is 25.4. The van der Waals surface area contributed by atoms with Crippen molar-refractivity contribution in [1.82, 2.24) is 9.62 Å². The van der Waals surface area contributed by atoms with E-state index in [4.69, 9.17) is 35.4 Å². The van der Waals surface area contributed by atoms with E-state index >= 15 is 0 Å². The number of sulfonamides is 1. The van der Waals surface area contributed by atoms with Gasteiger partial charge < -0.3 is 10.6 Å². The van der Waals surface area contributed by atoms with Gasteiger partial charge in [-0.25, -0.2) is 8.42 Å². The highest BCUT2D eigenvalue weighted by atomic mass is 35.5. The van der Waals surface area contributed by atoms with Crippen LogP contribution in [0.25, 0.3) is 0 Å². The van der Waals surface area contributed by atoms with Crippen molar-refractivity contribution in [1.29, 1.82) is 0 Å². The lowest BCUT2D eigenvalue weighted by atomic mass is 10.1. The molecule has 1 aromatic rings. The summed E-state index contributed by atoms with van der Waals surface area (Å²) in [4.78, 5) is 12.6. The van der Waals surface area contributed by atoms with E-state index in [1.54, 1.807) is 39.0 Å². The van der Waals surface area contributed by atoms with Crippen LogP contribution in [0.5, 0.6) is 0 Å². The number of halogens is 2. The van der Waals surface area contributed by atoms with Crippen LogP contribution in [0.1, 0.15) is 20.8 Å². The Labute approximate surface area is 178 Å².